The highest BCUT2D eigenvalue weighted by Crippen LogP contribution is 2.34. The summed E-state index contributed by atoms with van der Waals surface area (Å²) in [4.78, 5) is 36.7. The highest BCUT2D eigenvalue weighted by atomic mass is 127. The third-order valence-electron chi connectivity index (χ3n) is 5.18. The number of hydrogen-bond acceptors (Lipinski definition) is 8. The van der Waals surface area contributed by atoms with E-state index in [1.54, 1.807) is 6.08 Å². The van der Waals surface area contributed by atoms with E-state index < -0.39 is 20.9 Å². The Morgan fingerprint density at radius 1 is 1.06 bits per heavy atom. The van der Waals surface area contributed by atoms with Crippen molar-refractivity contribution < 1.29 is 27.1 Å². The first-order valence-electron chi connectivity index (χ1n) is 10.3. The Balaban J connectivity index is 1.48. The van der Waals surface area contributed by atoms with Crippen molar-refractivity contribution in [3.8, 4) is 5.75 Å². The molecule has 3 aromatic rings. The second-order valence-corrected chi connectivity index (χ2v) is 11.5. The smallest absolute Gasteiger partial charge is 0.339 e. The second-order valence-electron chi connectivity index (χ2n) is 7.71. The van der Waals surface area contributed by atoms with Crippen LogP contribution in [-0.2, 0) is 21.5 Å². The zero-order chi connectivity index (χ0) is 26.0. The third-order valence-corrected chi connectivity index (χ3v) is 8.05. The van der Waals surface area contributed by atoms with E-state index in [4.69, 9.17) is 4.18 Å². The van der Waals surface area contributed by atoms with Crippen LogP contribution in [-0.4, -0.2) is 29.4 Å². The van der Waals surface area contributed by atoms with Gasteiger partial charge in [-0.1, -0.05) is 30.3 Å². The van der Waals surface area contributed by atoms with E-state index in [9.17, 15) is 28.1 Å². The molecule has 36 heavy (non-hydrogen) atoms. The molecule has 0 spiro atoms. The van der Waals surface area contributed by atoms with Crippen LogP contribution in [0.15, 0.2) is 76.5 Å². The van der Waals surface area contributed by atoms with Gasteiger partial charge in [0.2, 0.25) is 0 Å². The van der Waals surface area contributed by atoms with Crippen LogP contribution in [0.5, 0.6) is 5.75 Å². The number of rotatable bonds is 7. The summed E-state index contributed by atoms with van der Waals surface area (Å²) in [7, 11) is -4.31. The molecule has 4 rings (SSSR count). The van der Waals surface area contributed by atoms with Gasteiger partial charge in [0.1, 0.15) is 10.6 Å². The molecule has 1 saturated heterocycles. The van der Waals surface area contributed by atoms with Gasteiger partial charge in [0.25, 0.3) is 16.8 Å². The van der Waals surface area contributed by atoms with Crippen LogP contribution >= 0.6 is 34.4 Å². The van der Waals surface area contributed by atoms with Gasteiger partial charge < -0.3 is 4.18 Å². The van der Waals surface area contributed by atoms with Crippen molar-refractivity contribution >= 4 is 67.4 Å². The molecule has 0 aromatic heterocycles. The molecule has 12 heteroatoms. The van der Waals surface area contributed by atoms with Crippen LogP contribution in [0.2, 0.25) is 0 Å². The minimum Gasteiger partial charge on any atom is -0.379 e. The molecule has 0 bridgehead atoms. The predicted octanol–water partition coefficient (Wildman–Crippen LogP) is 5.51. The topological polar surface area (TPSA) is 124 Å². The van der Waals surface area contributed by atoms with E-state index in [1.807, 2.05) is 24.3 Å². The number of nitrogens with zero attached hydrogens (tertiary/aromatic N) is 2. The molecule has 0 unspecified atom stereocenters. The van der Waals surface area contributed by atoms with Crippen LogP contribution in [0.4, 0.5) is 10.5 Å². The first-order valence-corrected chi connectivity index (χ1v) is 13.6. The van der Waals surface area contributed by atoms with E-state index in [2.05, 4.69) is 22.6 Å². The van der Waals surface area contributed by atoms with Crippen molar-refractivity contribution in [3.63, 3.8) is 0 Å². The number of benzene rings is 3. The van der Waals surface area contributed by atoms with Gasteiger partial charge in [-0.3, -0.25) is 24.6 Å². The fourth-order valence-corrected chi connectivity index (χ4v) is 5.45. The zero-order valence-corrected chi connectivity index (χ0v) is 22.4. The standard InChI is InChI=1S/C24H17IN2O7S2/c1-15-2-11-20(13-21(15)27(30)31)36(32,33)34-19-9-5-16(6-10-19)12-22-23(28)26(24(29)35-22)14-17-3-7-18(25)8-4-17/h2-13H,14H2,1H3/b22-12-. The Morgan fingerprint density at radius 3 is 2.36 bits per heavy atom. The molecule has 0 saturated carbocycles. The van der Waals surface area contributed by atoms with Crippen LogP contribution in [0, 0.1) is 20.6 Å². The number of thioether (sulfide) groups is 1. The van der Waals surface area contributed by atoms with Crippen molar-refractivity contribution in [3.05, 3.63) is 102 Å². The number of imide groups is 1. The minimum atomic E-state index is -4.31. The number of aryl methyl sites for hydroxylation is 1. The van der Waals surface area contributed by atoms with Gasteiger partial charge in [0.05, 0.1) is 16.4 Å². The molecule has 1 fully saturated rings. The van der Waals surface area contributed by atoms with Crippen LogP contribution in [0.3, 0.4) is 0 Å². The Bertz CT molecular complexity index is 1500. The largest absolute Gasteiger partial charge is 0.379 e. The van der Waals surface area contributed by atoms with Gasteiger partial charge in [0.15, 0.2) is 0 Å². The van der Waals surface area contributed by atoms with Gasteiger partial charge in [-0.2, -0.15) is 8.42 Å². The van der Waals surface area contributed by atoms with Gasteiger partial charge in [-0.25, -0.2) is 0 Å². The number of nitro groups is 1. The molecule has 1 aliphatic rings. The summed E-state index contributed by atoms with van der Waals surface area (Å²) in [6.45, 7) is 1.67. The Labute approximate surface area is 224 Å². The Morgan fingerprint density at radius 2 is 1.72 bits per heavy atom. The summed E-state index contributed by atoms with van der Waals surface area (Å²) in [5, 5.41) is 10.7. The number of hydrogen-bond donors (Lipinski definition) is 0. The number of carbonyl (C=O) groups is 2. The van der Waals surface area contributed by atoms with Gasteiger partial charge in [0, 0.05) is 15.2 Å². The maximum atomic E-state index is 12.8. The van der Waals surface area contributed by atoms with Gasteiger partial charge in [-0.05, 0) is 88.8 Å². The van der Waals surface area contributed by atoms with E-state index in [1.165, 1.54) is 48.2 Å². The summed E-state index contributed by atoms with van der Waals surface area (Å²) in [5.41, 5.74) is 1.39. The molecular formula is C24H17IN2O7S2. The lowest BCUT2D eigenvalue weighted by molar-refractivity contribution is -0.385. The molecule has 3 aromatic carbocycles. The number of amides is 2. The lowest BCUT2D eigenvalue weighted by atomic mass is 10.2. The molecule has 1 heterocycles. The van der Waals surface area contributed by atoms with Gasteiger partial charge >= 0.3 is 10.1 Å². The summed E-state index contributed by atoms with van der Waals surface area (Å²) < 4.78 is 31.3. The number of halogens is 1. The van der Waals surface area contributed by atoms with Crippen molar-refractivity contribution in [1.29, 1.82) is 0 Å². The maximum absolute atomic E-state index is 12.8. The first kappa shape index (κ1) is 25.9. The van der Waals surface area contributed by atoms with E-state index >= 15 is 0 Å². The van der Waals surface area contributed by atoms with Crippen LogP contribution in [0.1, 0.15) is 16.7 Å². The first-order chi connectivity index (χ1) is 17.0. The Hall–Kier alpha value is -3.23. The van der Waals surface area contributed by atoms with Crippen molar-refractivity contribution in [2.24, 2.45) is 0 Å². The Kier molecular flexibility index (Phi) is 7.47. The minimum absolute atomic E-state index is 0.0119. The molecule has 9 nitrogen and oxygen atoms in total. The quantitative estimate of drug-likeness (QED) is 0.109. The second kappa shape index (κ2) is 10.4. The van der Waals surface area contributed by atoms with E-state index in [0.717, 1.165) is 27.0 Å². The normalized spacial score (nSPS) is 14.9. The van der Waals surface area contributed by atoms with Crippen molar-refractivity contribution in [2.75, 3.05) is 0 Å². The summed E-state index contributed by atoms with van der Waals surface area (Å²) >= 11 is 3.00. The molecule has 1 aliphatic heterocycles. The average Bonchev–Trinajstić information content (AvgIpc) is 3.08. The molecule has 0 N–H and O–H groups in total. The monoisotopic (exact) mass is 636 g/mol. The maximum Gasteiger partial charge on any atom is 0.339 e. The molecular weight excluding hydrogens is 619 g/mol. The molecule has 0 aliphatic carbocycles. The van der Waals surface area contributed by atoms with Gasteiger partial charge in [-0.15, -0.1) is 0 Å². The third kappa shape index (κ3) is 5.77. The predicted molar refractivity (Wildman–Crippen MR) is 143 cm³/mol. The fraction of sp³-hybridized carbons (Fsp3) is 0.0833. The summed E-state index contributed by atoms with van der Waals surface area (Å²) in [6, 6.07) is 16.9. The molecule has 184 valence electrons. The molecule has 0 radical (unpaired) electrons. The lowest BCUT2D eigenvalue weighted by Gasteiger charge is -2.12. The van der Waals surface area contributed by atoms with Crippen molar-refractivity contribution in [2.45, 2.75) is 18.4 Å². The van der Waals surface area contributed by atoms with Crippen LogP contribution < -0.4 is 4.18 Å². The zero-order valence-electron chi connectivity index (χ0n) is 18.6. The van der Waals surface area contributed by atoms with E-state index in [-0.39, 0.29) is 33.0 Å². The number of carbonyl (C=O) groups excluding carboxylic acids is 2. The molecule has 0 atom stereocenters. The highest BCUT2D eigenvalue weighted by Gasteiger charge is 2.35. The lowest BCUT2D eigenvalue weighted by Crippen LogP contribution is -2.27. The van der Waals surface area contributed by atoms with E-state index in [0.29, 0.717) is 11.1 Å². The van der Waals surface area contributed by atoms with Crippen LogP contribution in [0.25, 0.3) is 6.08 Å². The van der Waals surface area contributed by atoms with Crippen molar-refractivity contribution in [1.82, 2.24) is 4.90 Å². The average molecular weight is 636 g/mol. The molecule has 2 amide bonds. The fourth-order valence-electron chi connectivity index (χ4n) is 3.30. The summed E-state index contributed by atoms with van der Waals surface area (Å²) in [5.74, 6) is -0.422. The highest BCUT2D eigenvalue weighted by molar-refractivity contribution is 14.1. The SMILES string of the molecule is Cc1ccc(S(=O)(=O)Oc2ccc(/C=C3\SC(=O)N(Cc4ccc(I)cc4)C3=O)cc2)cc1[N+](=O)[O-]. The summed E-state index contributed by atoms with van der Waals surface area (Å²) in [6.07, 6.45) is 1.54. The number of nitro benzene ring substituents is 1.